The minimum absolute atomic E-state index is 0.0776. The molecule has 1 aliphatic rings. The number of nitrogens with zero attached hydrogens (tertiary/aromatic N) is 2. The molecule has 2 N–H and O–H groups in total. The van der Waals surface area contributed by atoms with Crippen molar-refractivity contribution in [2.45, 2.75) is 26.3 Å². The molecule has 122 valence electrons. The average Bonchev–Trinajstić information content (AvgIpc) is 2.36. The Balaban J connectivity index is 2.94. The van der Waals surface area contributed by atoms with Crippen molar-refractivity contribution < 1.29 is 23.1 Å². The smallest absolute Gasteiger partial charge is 0.326 e. The summed E-state index contributed by atoms with van der Waals surface area (Å²) in [4.78, 5) is 13.0. The lowest BCUT2D eigenvalue weighted by molar-refractivity contribution is -0.139. The third-order valence-electron chi connectivity index (χ3n) is 2.87. The van der Waals surface area contributed by atoms with E-state index in [2.05, 4.69) is 9.71 Å². The fraction of sp³-hybridized carbons (Fsp3) is 0.833. The molecule has 21 heavy (non-hydrogen) atoms. The lowest BCUT2D eigenvalue weighted by atomic mass is 10.0. The summed E-state index contributed by atoms with van der Waals surface area (Å²) in [6.45, 7) is 5.64. The average molecular weight is 321 g/mol. The molecule has 0 aromatic rings. The summed E-state index contributed by atoms with van der Waals surface area (Å²) >= 11 is 0. The molecule has 1 unspecified atom stereocenters. The van der Waals surface area contributed by atoms with Crippen LogP contribution in [0.5, 0.6) is 0 Å². The Morgan fingerprint density at radius 2 is 1.95 bits per heavy atom. The van der Waals surface area contributed by atoms with Gasteiger partial charge in [0.15, 0.2) is 0 Å². The van der Waals surface area contributed by atoms with Crippen LogP contribution >= 0.6 is 0 Å². The Hall–Kier alpha value is -1.35. The van der Waals surface area contributed by atoms with Gasteiger partial charge < -0.3 is 20.1 Å². The minimum Gasteiger partial charge on any atom is -0.480 e. The van der Waals surface area contributed by atoms with Crippen LogP contribution in [-0.2, 0) is 19.6 Å². The number of rotatable bonds is 5. The molecule has 1 aliphatic heterocycles. The standard InChI is InChI=1S/C12H23N3O5S/c1-9(2)8-10(11(16)17)13-12(14-21(3,18)19)15-4-6-20-7-5-15/h9-10H,4-8H2,1-3H3,(H,13,14)(H,16,17). The van der Waals surface area contributed by atoms with E-state index in [4.69, 9.17) is 4.74 Å². The molecule has 0 amide bonds. The number of ether oxygens (including phenoxy) is 1. The maximum Gasteiger partial charge on any atom is 0.326 e. The molecular formula is C12H23N3O5S. The first-order valence-corrected chi connectivity index (χ1v) is 8.66. The van der Waals surface area contributed by atoms with E-state index in [1.807, 2.05) is 13.8 Å². The van der Waals surface area contributed by atoms with Crippen molar-refractivity contribution in [3.63, 3.8) is 0 Å². The van der Waals surface area contributed by atoms with Crippen LogP contribution in [0.1, 0.15) is 20.3 Å². The van der Waals surface area contributed by atoms with Gasteiger partial charge in [0, 0.05) is 13.1 Å². The molecule has 1 heterocycles. The van der Waals surface area contributed by atoms with Crippen LogP contribution in [0.2, 0.25) is 0 Å². The number of carboxylic acids is 1. The van der Waals surface area contributed by atoms with Gasteiger partial charge in [0.05, 0.1) is 19.5 Å². The monoisotopic (exact) mass is 321 g/mol. The Labute approximate surface area is 125 Å². The van der Waals surface area contributed by atoms with E-state index in [1.54, 1.807) is 4.90 Å². The zero-order valence-corrected chi connectivity index (χ0v) is 13.4. The molecule has 0 aromatic carbocycles. The molecule has 0 aliphatic carbocycles. The predicted octanol–water partition coefficient (Wildman–Crippen LogP) is -0.277. The van der Waals surface area contributed by atoms with Crippen molar-refractivity contribution in [3.05, 3.63) is 0 Å². The van der Waals surface area contributed by atoms with Crippen molar-refractivity contribution in [1.29, 1.82) is 0 Å². The van der Waals surface area contributed by atoms with Crippen molar-refractivity contribution in [3.8, 4) is 0 Å². The van der Waals surface area contributed by atoms with Crippen molar-refractivity contribution in [2.75, 3.05) is 32.6 Å². The summed E-state index contributed by atoms with van der Waals surface area (Å²) in [5.41, 5.74) is 0. The van der Waals surface area contributed by atoms with E-state index in [1.165, 1.54) is 0 Å². The summed E-state index contributed by atoms with van der Waals surface area (Å²) in [6, 6.07) is -0.881. The number of aliphatic carboxylic acids is 1. The van der Waals surface area contributed by atoms with Gasteiger partial charge in [0.1, 0.15) is 6.04 Å². The summed E-state index contributed by atoms with van der Waals surface area (Å²) in [7, 11) is -3.62. The second-order valence-corrected chi connectivity index (χ2v) is 7.06. The molecule has 9 heteroatoms. The molecule has 0 aromatic heterocycles. The Morgan fingerprint density at radius 1 is 1.38 bits per heavy atom. The Bertz CT molecular complexity index is 483. The number of guanidine groups is 1. The highest BCUT2D eigenvalue weighted by atomic mass is 32.2. The van der Waals surface area contributed by atoms with Gasteiger partial charge in [-0.15, -0.1) is 4.40 Å². The minimum atomic E-state index is -3.62. The first-order valence-electron chi connectivity index (χ1n) is 6.81. The van der Waals surface area contributed by atoms with Gasteiger partial charge in [0.25, 0.3) is 10.0 Å². The molecular weight excluding hydrogens is 298 g/mol. The number of morpholine rings is 1. The van der Waals surface area contributed by atoms with Crippen LogP contribution in [0.3, 0.4) is 0 Å². The van der Waals surface area contributed by atoms with Crippen molar-refractivity contribution in [2.24, 2.45) is 10.3 Å². The molecule has 0 spiro atoms. The molecule has 0 radical (unpaired) electrons. The molecule has 1 fully saturated rings. The van der Waals surface area contributed by atoms with E-state index < -0.39 is 22.0 Å². The largest absolute Gasteiger partial charge is 0.480 e. The summed E-state index contributed by atoms with van der Waals surface area (Å²) < 4.78 is 31.7. The summed E-state index contributed by atoms with van der Waals surface area (Å²) in [5, 5.41) is 12.0. The molecule has 1 rings (SSSR count). The number of hydrogen-bond acceptors (Lipinski definition) is 4. The molecule has 8 nitrogen and oxygen atoms in total. The SMILES string of the molecule is CC(C)CC(N/C(=N/S(C)(=O)=O)N1CCOCC1)C(=O)O. The zero-order valence-electron chi connectivity index (χ0n) is 12.6. The van der Waals surface area contributed by atoms with E-state index in [0.717, 1.165) is 6.26 Å². The van der Waals surface area contributed by atoms with Crippen LogP contribution in [0.25, 0.3) is 0 Å². The highest BCUT2D eigenvalue weighted by Crippen LogP contribution is 2.07. The maximum absolute atomic E-state index is 11.4. The molecule has 0 bridgehead atoms. The van der Waals surface area contributed by atoms with E-state index in [0.29, 0.717) is 32.7 Å². The molecule has 1 saturated heterocycles. The fourth-order valence-corrected chi connectivity index (χ4v) is 2.44. The topological polar surface area (TPSA) is 108 Å². The second kappa shape index (κ2) is 7.60. The second-order valence-electron chi connectivity index (χ2n) is 5.41. The normalized spacial score (nSPS) is 18.7. The first-order chi connectivity index (χ1) is 9.69. The van der Waals surface area contributed by atoms with E-state index >= 15 is 0 Å². The number of sulfonamides is 1. The quantitative estimate of drug-likeness (QED) is 0.529. The summed E-state index contributed by atoms with van der Waals surface area (Å²) in [6.07, 6.45) is 1.36. The first kappa shape index (κ1) is 17.7. The predicted molar refractivity (Wildman–Crippen MR) is 78.7 cm³/mol. The summed E-state index contributed by atoms with van der Waals surface area (Å²) in [5.74, 6) is -0.796. The van der Waals surface area contributed by atoms with Crippen molar-refractivity contribution in [1.82, 2.24) is 10.2 Å². The van der Waals surface area contributed by atoms with E-state index in [9.17, 15) is 18.3 Å². The van der Waals surface area contributed by atoms with Gasteiger partial charge in [-0.2, -0.15) is 0 Å². The van der Waals surface area contributed by atoms with Crippen LogP contribution < -0.4 is 5.32 Å². The van der Waals surface area contributed by atoms with E-state index in [-0.39, 0.29) is 11.9 Å². The number of nitrogens with one attached hydrogen (secondary N) is 1. The fourth-order valence-electron chi connectivity index (χ4n) is 1.96. The zero-order chi connectivity index (χ0) is 16.0. The molecule has 0 saturated carbocycles. The van der Waals surface area contributed by atoms with Gasteiger partial charge >= 0.3 is 5.97 Å². The van der Waals surface area contributed by atoms with Gasteiger partial charge in [-0.3, -0.25) is 0 Å². The Morgan fingerprint density at radius 3 is 2.38 bits per heavy atom. The molecule has 1 atom stereocenters. The third kappa shape index (κ3) is 6.76. The lowest BCUT2D eigenvalue weighted by Crippen LogP contribution is -2.52. The number of carboxylic acid groups (broad SMARTS) is 1. The van der Waals surface area contributed by atoms with Gasteiger partial charge in [-0.1, -0.05) is 13.8 Å². The maximum atomic E-state index is 11.4. The highest BCUT2D eigenvalue weighted by molar-refractivity contribution is 7.89. The van der Waals surface area contributed by atoms with Crippen LogP contribution in [0, 0.1) is 5.92 Å². The van der Waals surface area contributed by atoms with Crippen molar-refractivity contribution >= 4 is 22.0 Å². The number of carbonyl (C=O) groups is 1. The van der Waals surface area contributed by atoms with Crippen LogP contribution in [-0.4, -0.2) is 69.0 Å². The van der Waals surface area contributed by atoms with Gasteiger partial charge in [-0.25, -0.2) is 13.2 Å². The third-order valence-corrected chi connectivity index (χ3v) is 3.38. The van der Waals surface area contributed by atoms with Gasteiger partial charge in [-0.05, 0) is 12.3 Å². The highest BCUT2D eigenvalue weighted by Gasteiger charge is 2.25. The Kier molecular flexibility index (Phi) is 6.41. The lowest BCUT2D eigenvalue weighted by Gasteiger charge is -2.31. The van der Waals surface area contributed by atoms with Crippen LogP contribution in [0.15, 0.2) is 4.40 Å². The van der Waals surface area contributed by atoms with Gasteiger partial charge in [0.2, 0.25) is 5.96 Å². The number of hydrogen-bond donors (Lipinski definition) is 2. The van der Waals surface area contributed by atoms with Crippen LogP contribution in [0.4, 0.5) is 0 Å².